The summed E-state index contributed by atoms with van der Waals surface area (Å²) in [4.78, 5) is 21.8. The van der Waals surface area contributed by atoms with E-state index in [1.54, 1.807) is 4.57 Å². The van der Waals surface area contributed by atoms with Crippen LogP contribution < -0.4 is 11.5 Å². The van der Waals surface area contributed by atoms with Gasteiger partial charge in [-0.1, -0.05) is 20.8 Å². The highest BCUT2D eigenvalue weighted by molar-refractivity contribution is 7.52. The van der Waals surface area contributed by atoms with Crippen molar-refractivity contribution in [3.05, 3.63) is 6.33 Å². The van der Waals surface area contributed by atoms with Gasteiger partial charge in [-0.2, -0.15) is 9.97 Å². The molecular weight excluding hydrogens is 363 g/mol. The van der Waals surface area contributed by atoms with Gasteiger partial charge in [0.05, 0.1) is 32.2 Å². The number of imidazole rings is 1. The van der Waals surface area contributed by atoms with Crippen LogP contribution in [0.3, 0.4) is 0 Å². The molecule has 6 N–H and O–H groups in total. The number of hydrogen-bond acceptors (Lipinski definition) is 9. The van der Waals surface area contributed by atoms with E-state index in [4.69, 9.17) is 20.7 Å². The van der Waals surface area contributed by atoms with Gasteiger partial charge < -0.3 is 35.3 Å². The van der Waals surface area contributed by atoms with Gasteiger partial charge >= 0.3 is 7.60 Å². The van der Waals surface area contributed by atoms with E-state index in [1.165, 1.54) is 6.33 Å². The molecule has 0 spiro atoms. The number of rotatable bonds is 8. The lowest BCUT2D eigenvalue weighted by atomic mass is 9.99. The zero-order valence-electron chi connectivity index (χ0n) is 15.0. The molecule has 146 valence electrons. The number of aliphatic hydroxyl groups is 1. The highest BCUT2D eigenvalue weighted by Crippen LogP contribution is 2.43. The molecule has 0 aliphatic carbocycles. The zero-order valence-corrected chi connectivity index (χ0v) is 15.9. The summed E-state index contributed by atoms with van der Waals surface area (Å²) in [6, 6.07) is 0. The average Bonchev–Trinajstić information content (AvgIpc) is 2.92. The minimum Gasteiger partial charge on any atom is -0.394 e. The SMILES string of the molecule is CC(C)(C)COP(=O)(O)CO[C@H](CO)Cn1cnc2c(N)nc(N)nc21. The topological polar surface area (TPSA) is 172 Å². The van der Waals surface area contributed by atoms with Gasteiger partial charge in [0.1, 0.15) is 11.9 Å². The molecule has 0 fully saturated rings. The van der Waals surface area contributed by atoms with Crippen LogP contribution in [0.2, 0.25) is 0 Å². The highest BCUT2D eigenvalue weighted by atomic mass is 31.2. The van der Waals surface area contributed by atoms with Crippen molar-refractivity contribution in [2.75, 3.05) is 31.0 Å². The van der Waals surface area contributed by atoms with Crippen molar-refractivity contribution in [2.45, 2.75) is 33.4 Å². The molecule has 0 aliphatic heterocycles. The second-order valence-electron chi connectivity index (χ2n) is 7.11. The number of aliphatic hydroxyl groups excluding tert-OH is 1. The molecule has 0 amide bonds. The summed E-state index contributed by atoms with van der Waals surface area (Å²) >= 11 is 0. The Morgan fingerprint density at radius 1 is 1.35 bits per heavy atom. The highest BCUT2D eigenvalue weighted by Gasteiger charge is 2.25. The summed E-state index contributed by atoms with van der Waals surface area (Å²) < 4.78 is 24.0. The first-order valence-electron chi connectivity index (χ1n) is 7.93. The second-order valence-corrected chi connectivity index (χ2v) is 8.90. The monoisotopic (exact) mass is 388 g/mol. The number of aromatic nitrogens is 4. The third kappa shape index (κ3) is 5.61. The van der Waals surface area contributed by atoms with Crippen LogP contribution in [-0.2, 0) is 20.4 Å². The van der Waals surface area contributed by atoms with E-state index in [2.05, 4.69) is 15.0 Å². The summed E-state index contributed by atoms with van der Waals surface area (Å²) in [7, 11) is -3.93. The van der Waals surface area contributed by atoms with E-state index in [0.717, 1.165) is 0 Å². The molecule has 2 rings (SSSR count). The predicted molar refractivity (Wildman–Crippen MR) is 96.2 cm³/mol. The van der Waals surface area contributed by atoms with Crippen molar-refractivity contribution in [1.82, 2.24) is 19.5 Å². The maximum Gasteiger partial charge on any atom is 0.353 e. The van der Waals surface area contributed by atoms with Crippen LogP contribution in [-0.4, -0.2) is 55.2 Å². The molecule has 0 aliphatic rings. The Labute approximate surface area is 150 Å². The van der Waals surface area contributed by atoms with Gasteiger partial charge in [-0.15, -0.1) is 0 Å². The molecule has 0 radical (unpaired) electrons. The van der Waals surface area contributed by atoms with Crippen molar-refractivity contribution < 1.29 is 23.8 Å². The molecule has 0 saturated heterocycles. The Balaban J connectivity index is 2.03. The second kappa shape index (κ2) is 7.85. The number of nitrogens with two attached hydrogens (primary N) is 2. The summed E-state index contributed by atoms with van der Waals surface area (Å²) in [6.07, 6.45) is 0.138. The number of anilines is 2. The van der Waals surface area contributed by atoms with Gasteiger partial charge in [0.25, 0.3) is 0 Å². The smallest absolute Gasteiger partial charge is 0.353 e. The average molecular weight is 388 g/mol. The van der Waals surface area contributed by atoms with Gasteiger partial charge in [-0.25, -0.2) is 4.98 Å². The maximum atomic E-state index is 12.0. The fourth-order valence-corrected chi connectivity index (χ4v) is 3.09. The number of fused-ring (bicyclic) bond motifs is 1. The minimum atomic E-state index is -3.93. The lowest BCUT2D eigenvalue weighted by Gasteiger charge is -2.22. The van der Waals surface area contributed by atoms with E-state index in [9.17, 15) is 14.6 Å². The van der Waals surface area contributed by atoms with Crippen molar-refractivity contribution in [2.24, 2.45) is 5.41 Å². The van der Waals surface area contributed by atoms with Crippen LogP contribution in [0.25, 0.3) is 11.2 Å². The van der Waals surface area contributed by atoms with Gasteiger partial charge in [-0.05, 0) is 5.41 Å². The molecule has 2 aromatic rings. The molecule has 2 aromatic heterocycles. The number of nitrogen functional groups attached to an aromatic ring is 2. The first kappa shape index (κ1) is 20.5. The van der Waals surface area contributed by atoms with Crippen LogP contribution >= 0.6 is 7.60 Å². The lowest BCUT2D eigenvalue weighted by molar-refractivity contribution is 0.0164. The molecule has 2 atom stereocenters. The molecule has 11 nitrogen and oxygen atoms in total. The Kier molecular flexibility index (Phi) is 6.20. The van der Waals surface area contributed by atoms with Gasteiger partial charge in [0, 0.05) is 0 Å². The maximum absolute atomic E-state index is 12.0. The minimum absolute atomic E-state index is 0.00587. The van der Waals surface area contributed by atoms with Crippen LogP contribution in [0, 0.1) is 5.41 Å². The summed E-state index contributed by atoms with van der Waals surface area (Å²) in [5.74, 6) is 0.136. The van der Waals surface area contributed by atoms with Gasteiger partial charge in [0.15, 0.2) is 11.5 Å². The quantitative estimate of drug-likeness (QED) is 0.468. The molecule has 26 heavy (non-hydrogen) atoms. The summed E-state index contributed by atoms with van der Waals surface area (Å²) in [5.41, 5.74) is 11.8. The standard InChI is InChI=1S/C14H25N6O5P/c1-14(2,3)6-25-26(22,23)8-24-9(5-21)4-20-7-17-10-11(15)18-13(16)19-12(10)20/h7,9,21H,4-6,8H2,1-3H3,(H,22,23)(H4,15,16,18,19)/t9-/m0/s1. The van der Waals surface area contributed by atoms with Crippen molar-refractivity contribution in [3.63, 3.8) is 0 Å². The largest absolute Gasteiger partial charge is 0.394 e. The van der Waals surface area contributed by atoms with Crippen LogP contribution in [0.5, 0.6) is 0 Å². The molecule has 0 saturated carbocycles. The van der Waals surface area contributed by atoms with Crippen molar-refractivity contribution in [1.29, 1.82) is 0 Å². The first-order valence-corrected chi connectivity index (χ1v) is 9.70. The fourth-order valence-electron chi connectivity index (χ4n) is 2.03. The summed E-state index contributed by atoms with van der Waals surface area (Å²) in [5, 5.41) is 9.51. The normalized spacial score (nSPS) is 15.9. The summed E-state index contributed by atoms with van der Waals surface area (Å²) in [6.45, 7) is 5.50. The molecule has 2 heterocycles. The van der Waals surface area contributed by atoms with Gasteiger partial charge in [0.2, 0.25) is 5.95 Å². The Morgan fingerprint density at radius 3 is 2.65 bits per heavy atom. The molecular formula is C14H25N6O5P. The van der Waals surface area contributed by atoms with E-state index < -0.39 is 20.0 Å². The van der Waals surface area contributed by atoms with Gasteiger partial charge in [-0.3, -0.25) is 4.57 Å². The van der Waals surface area contributed by atoms with E-state index in [-0.39, 0.29) is 36.9 Å². The van der Waals surface area contributed by atoms with E-state index in [1.807, 2.05) is 20.8 Å². The first-order chi connectivity index (χ1) is 12.0. The van der Waals surface area contributed by atoms with Crippen LogP contribution in [0.1, 0.15) is 20.8 Å². The number of hydrogen-bond donors (Lipinski definition) is 4. The fraction of sp³-hybridized carbons (Fsp3) is 0.643. The van der Waals surface area contributed by atoms with Crippen LogP contribution in [0.15, 0.2) is 6.33 Å². The van der Waals surface area contributed by atoms with Crippen molar-refractivity contribution in [3.8, 4) is 0 Å². The van der Waals surface area contributed by atoms with Crippen LogP contribution in [0.4, 0.5) is 11.8 Å². The third-order valence-corrected chi connectivity index (χ3v) is 4.29. The third-order valence-electron chi connectivity index (χ3n) is 3.28. The number of nitrogens with zero attached hydrogens (tertiary/aromatic N) is 4. The molecule has 0 aromatic carbocycles. The Hall–Kier alpha value is -1.78. The molecule has 1 unspecified atom stereocenters. The van der Waals surface area contributed by atoms with E-state index >= 15 is 0 Å². The number of ether oxygens (including phenoxy) is 1. The lowest BCUT2D eigenvalue weighted by Crippen LogP contribution is -2.25. The zero-order chi connectivity index (χ0) is 19.5. The molecule has 12 heteroatoms. The van der Waals surface area contributed by atoms with E-state index in [0.29, 0.717) is 11.2 Å². The van der Waals surface area contributed by atoms with Crippen molar-refractivity contribution >= 4 is 30.5 Å². The Bertz CT molecular complexity index is 805. The molecule has 0 bridgehead atoms. The Morgan fingerprint density at radius 2 is 2.04 bits per heavy atom. The predicted octanol–water partition coefficient (Wildman–Crippen LogP) is 0.574.